The average Bonchev–Trinajstić information content (AvgIpc) is 2.73. The van der Waals surface area contributed by atoms with Crippen LogP contribution >= 0.6 is 12.4 Å². The minimum Gasteiger partial charge on any atom is -0.347 e. The summed E-state index contributed by atoms with van der Waals surface area (Å²) in [5, 5.41) is 6.18. The SMILES string of the molecule is CC(C)(C)C(=O)NCC(=O)N1CC[C@@H]2CNC[C@@H]2CC1.Cl. The lowest BCUT2D eigenvalue weighted by molar-refractivity contribution is -0.135. The molecule has 0 spiro atoms. The lowest BCUT2D eigenvalue weighted by Gasteiger charge is -2.23. The van der Waals surface area contributed by atoms with Crippen LogP contribution in [0.5, 0.6) is 0 Å². The van der Waals surface area contributed by atoms with Gasteiger partial charge in [0.25, 0.3) is 0 Å². The maximum Gasteiger partial charge on any atom is 0.241 e. The summed E-state index contributed by atoms with van der Waals surface area (Å²) in [5.74, 6) is 1.42. The van der Waals surface area contributed by atoms with Gasteiger partial charge in [0.2, 0.25) is 11.8 Å². The van der Waals surface area contributed by atoms with E-state index in [-0.39, 0.29) is 30.8 Å². The van der Waals surface area contributed by atoms with Gasteiger partial charge in [-0.25, -0.2) is 0 Å². The first-order valence-corrected chi connectivity index (χ1v) is 7.64. The molecule has 2 N–H and O–H groups in total. The lowest BCUT2D eigenvalue weighted by atomic mass is 9.92. The van der Waals surface area contributed by atoms with Gasteiger partial charge >= 0.3 is 0 Å². The Balaban J connectivity index is 0.00000220. The molecule has 0 radical (unpaired) electrons. The predicted molar refractivity (Wildman–Crippen MR) is 85.4 cm³/mol. The minimum atomic E-state index is -0.443. The highest BCUT2D eigenvalue weighted by Gasteiger charge is 2.31. The van der Waals surface area contributed by atoms with Gasteiger partial charge in [-0.2, -0.15) is 0 Å². The number of hydrogen-bond acceptors (Lipinski definition) is 3. The highest BCUT2D eigenvalue weighted by Crippen LogP contribution is 2.27. The van der Waals surface area contributed by atoms with Crippen LogP contribution < -0.4 is 10.6 Å². The molecule has 0 aromatic rings. The smallest absolute Gasteiger partial charge is 0.241 e. The van der Waals surface area contributed by atoms with Gasteiger partial charge in [-0.15, -0.1) is 12.4 Å². The molecule has 0 aromatic carbocycles. The number of amides is 2. The second-order valence-corrected chi connectivity index (χ2v) is 7.07. The van der Waals surface area contributed by atoms with Crippen molar-refractivity contribution in [2.45, 2.75) is 33.6 Å². The molecule has 2 amide bonds. The first kappa shape index (κ1) is 18.2. The summed E-state index contributed by atoms with van der Waals surface area (Å²) in [5.41, 5.74) is -0.443. The van der Waals surface area contributed by atoms with Crippen molar-refractivity contribution in [2.75, 3.05) is 32.7 Å². The molecule has 0 bridgehead atoms. The van der Waals surface area contributed by atoms with E-state index >= 15 is 0 Å². The first-order chi connectivity index (χ1) is 9.38. The van der Waals surface area contributed by atoms with E-state index in [2.05, 4.69) is 10.6 Å². The molecule has 2 aliphatic heterocycles. The molecule has 2 saturated heterocycles. The first-order valence-electron chi connectivity index (χ1n) is 7.64. The van der Waals surface area contributed by atoms with Crippen molar-refractivity contribution in [2.24, 2.45) is 17.3 Å². The van der Waals surface area contributed by atoms with Crippen LogP contribution in [0.4, 0.5) is 0 Å². The molecule has 2 rings (SSSR count). The summed E-state index contributed by atoms with van der Waals surface area (Å²) in [7, 11) is 0. The number of carbonyl (C=O) groups is 2. The van der Waals surface area contributed by atoms with E-state index in [9.17, 15) is 9.59 Å². The molecule has 122 valence electrons. The molecule has 21 heavy (non-hydrogen) atoms. The Hall–Kier alpha value is -0.810. The van der Waals surface area contributed by atoms with Gasteiger partial charge in [-0.05, 0) is 37.8 Å². The number of carbonyl (C=O) groups excluding carboxylic acids is 2. The number of hydrogen-bond donors (Lipinski definition) is 2. The molecule has 6 heteroatoms. The van der Waals surface area contributed by atoms with Gasteiger partial charge in [0.15, 0.2) is 0 Å². The lowest BCUT2D eigenvalue weighted by Crippen LogP contribution is -2.44. The molecule has 2 fully saturated rings. The number of fused-ring (bicyclic) bond motifs is 1. The van der Waals surface area contributed by atoms with Crippen LogP contribution in [0, 0.1) is 17.3 Å². The predicted octanol–water partition coefficient (Wildman–Crippen LogP) is 1.03. The Morgan fingerprint density at radius 1 is 1.14 bits per heavy atom. The number of nitrogens with zero attached hydrogens (tertiary/aromatic N) is 1. The summed E-state index contributed by atoms with van der Waals surface area (Å²) < 4.78 is 0. The minimum absolute atomic E-state index is 0. The maximum atomic E-state index is 12.2. The molecule has 0 aliphatic carbocycles. The van der Waals surface area contributed by atoms with E-state index < -0.39 is 5.41 Å². The Morgan fingerprint density at radius 3 is 2.14 bits per heavy atom. The van der Waals surface area contributed by atoms with Crippen LogP contribution in [0.25, 0.3) is 0 Å². The molecule has 2 heterocycles. The fourth-order valence-corrected chi connectivity index (χ4v) is 3.00. The standard InChI is InChI=1S/C15H27N3O2.ClH/c1-15(2,3)14(20)17-10-13(19)18-6-4-11-8-16-9-12(11)5-7-18;/h11-12,16H,4-10H2,1-3H3,(H,17,20);1H/t11-,12+;. The van der Waals surface area contributed by atoms with Crippen LogP contribution in [0.15, 0.2) is 0 Å². The van der Waals surface area contributed by atoms with Crippen molar-refractivity contribution in [3.05, 3.63) is 0 Å². The van der Waals surface area contributed by atoms with E-state index in [0.29, 0.717) is 0 Å². The quantitative estimate of drug-likeness (QED) is 0.799. The van der Waals surface area contributed by atoms with Crippen molar-refractivity contribution in [3.8, 4) is 0 Å². The fourth-order valence-electron chi connectivity index (χ4n) is 3.00. The van der Waals surface area contributed by atoms with Crippen LogP contribution in [0.1, 0.15) is 33.6 Å². The van der Waals surface area contributed by atoms with E-state index in [1.54, 1.807) is 0 Å². The third-order valence-corrected chi connectivity index (χ3v) is 4.45. The zero-order valence-corrected chi connectivity index (χ0v) is 14.1. The molecule has 0 unspecified atom stereocenters. The van der Waals surface area contributed by atoms with Gasteiger partial charge in [-0.3, -0.25) is 9.59 Å². The number of halogens is 1. The summed E-state index contributed by atoms with van der Waals surface area (Å²) in [6.07, 6.45) is 2.16. The molecule has 2 atom stereocenters. The van der Waals surface area contributed by atoms with E-state index in [1.807, 2.05) is 25.7 Å². The molecule has 5 nitrogen and oxygen atoms in total. The summed E-state index contributed by atoms with van der Waals surface area (Å²) in [6, 6.07) is 0. The largest absolute Gasteiger partial charge is 0.347 e. The Morgan fingerprint density at radius 2 is 1.67 bits per heavy atom. The van der Waals surface area contributed by atoms with E-state index in [1.165, 1.54) is 0 Å². The second kappa shape index (κ2) is 7.45. The Kier molecular flexibility index (Phi) is 6.47. The van der Waals surface area contributed by atoms with Gasteiger partial charge in [0.1, 0.15) is 0 Å². The Labute approximate surface area is 133 Å². The molecular formula is C15H28ClN3O2. The second-order valence-electron chi connectivity index (χ2n) is 7.07. The number of likely N-dealkylation sites (tertiary alicyclic amines) is 1. The molecule has 0 aromatic heterocycles. The van der Waals surface area contributed by atoms with Crippen LogP contribution in [0.2, 0.25) is 0 Å². The zero-order chi connectivity index (χ0) is 14.8. The van der Waals surface area contributed by atoms with E-state index in [0.717, 1.165) is 50.9 Å². The summed E-state index contributed by atoms with van der Waals surface area (Å²) >= 11 is 0. The highest BCUT2D eigenvalue weighted by atomic mass is 35.5. The normalized spacial score (nSPS) is 25.6. The molecular weight excluding hydrogens is 290 g/mol. The summed E-state index contributed by atoms with van der Waals surface area (Å²) in [4.78, 5) is 25.9. The average molecular weight is 318 g/mol. The molecule has 2 aliphatic rings. The van der Waals surface area contributed by atoms with Gasteiger partial charge in [-0.1, -0.05) is 20.8 Å². The molecule has 0 saturated carbocycles. The topological polar surface area (TPSA) is 61.4 Å². The third-order valence-electron chi connectivity index (χ3n) is 4.45. The van der Waals surface area contributed by atoms with E-state index in [4.69, 9.17) is 0 Å². The van der Waals surface area contributed by atoms with Gasteiger partial charge < -0.3 is 15.5 Å². The van der Waals surface area contributed by atoms with Crippen LogP contribution in [0.3, 0.4) is 0 Å². The Bertz CT molecular complexity index is 368. The van der Waals surface area contributed by atoms with Crippen LogP contribution in [-0.2, 0) is 9.59 Å². The fraction of sp³-hybridized carbons (Fsp3) is 0.867. The van der Waals surface area contributed by atoms with Crippen molar-refractivity contribution < 1.29 is 9.59 Å². The number of nitrogens with one attached hydrogen (secondary N) is 2. The summed E-state index contributed by atoms with van der Waals surface area (Å²) in [6.45, 7) is 9.53. The highest BCUT2D eigenvalue weighted by molar-refractivity contribution is 5.87. The van der Waals surface area contributed by atoms with Crippen LogP contribution in [-0.4, -0.2) is 49.4 Å². The number of rotatable bonds is 2. The van der Waals surface area contributed by atoms with Crippen molar-refractivity contribution in [1.29, 1.82) is 0 Å². The third kappa shape index (κ3) is 4.85. The van der Waals surface area contributed by atoms with Crippen molar-refractivity contribution >= 4 is 24.2 Å². The van der Waals surface area contributed by atoms with Gasteiger partial charge in [0, 0.05) is 18.5 Å². The van der Waals surface area contributed by atoms with Crippen molar-refractivity contribution in [1.82, 2.24) is 15.5 Å². The van der Waals surface area contributed by atoms with Gasteiger partial charge in [0.05, 0.1) is 6.54 Å². The van der Waals surface area contributed by atoms with Crippen molar-refractivity contribution in [3.63, 3.8) is 0 Å². The maximum absolute atomic E-state index is 12.2. The monoisotopic (exact) mass is 317 g/mol. The zero-order valence-electron chi connectivity index (χ0n) is 13.3.